The third kappa shape index (κ3) is 3.84. The maximum Gasteiger partial charge on any atom is 0.248 e. The van der Waals surface area contributed by atoms with Crippen molar-refractivity contribution in [2.24, 2.45) is 17.6 Å². The SMILES string of the molecule is CC(C)CN1CC(C(=O)Nc2ccc(C(N)=O)cc2)CC1=O. The minimum Gasteiger partial charge on any atom is -0.366 e. The van der Waals surface area contributed by atoms with Crippen LogP contribution in [-0.4, -0.2) is 35.7 Å². The molecular weight excluding hydrogens is 282 g/mol. The molecule has 1 saturated heterocycles. The summed E-state index contributed by atoms with van der Waals surface area (Å²) in [4.78, 5) is 36.9. The molecule has 0 aliphatic carbocycles. The number of nitrogens with two attached hydrogens (primary N) is 1. The Hall–Kier alpha value is -2.37. The van der Waals surface area contributed by atoms with Crippen LogP contribution in [0.2, 0.25) is 0 Å². The van der Waals surface area contributed by atoms with Crippen LogP contribution in [-0.2, 0) is 9.59 Å². The molecule has 0 aromatic heterocycles. The van der Waals surface area contributed by atoms with Crippen molar-refractivity contribution in [2.45, 2.75) is 20.3 Å². The third-order valence-corrected chi connectivity index (χ3v) is 3.61. The number of primary amides is 1. The van der Waals surface area contributed by atoms with Gasteiger partial charge in [-0.15, -0.1) is 0 Å². The molecule has 1 aromatic carbocycles. The molecule has 2 rings (SSSR count). The van der Waals surface area contributed by atoms with Gasteiger partial charge < -0.3 is 16.0 Å². The van der Waals surface area contributed by atoms with Crippen molar-refractivity contribution >= 4 is 23.4 Å². The summed E-state index contributed by atoms with van der Waals surface area (Å²) < 4.78 is 0. The topological polar surface area (TPSA) is 92.5 Å². The number of hydrogen-bond donors (Lipinski definition) is 2. The molecule has 1 aliphatic rings. The average molecular weight is 303 g/mol. The highest BCUT2D eigenvalue weighted by Crippen LogP contribution is 2.21. The zero-order valence-corrected chi connectivity index (χ0v) is 12.8. The monoisotopic (exact) mass is 303 g/mol. The van der Waals surface area contributed by atoms with Crippen LogP contribution in [0, 0.1) is 11.8 Å². The minimum atomic E-state index is -0.511. The van der Waals surface area contributed by atoms with E-state index in [-0.39, 0.29) is 24.2 Å². The van der Waals surface area contributed by atoms with E-state index in [2.05, 4.69) is 5.32 Å². The largest absolute Gasteiger partial charge is 0.366 e. The molecule has 1 atom stereocenters. The van der Waals surface area contributed by atoms with Crippen molar-refractivity contribution in [1.82, 2.24) is 4.90 Å². The van der Waals surface area contributed by atoms with Crippen LogP contribution in [0.15, 0.2) is 24.3 Å². The first-order chi connectivity index (χ1) is 10.4. The molecule has 6 nitrogen and oxygen atoms in total. The Labute approximate surface area is 129 Å². The number of likely N-dealkylation sites (tertiary alicyclic amines) is 1. The van der Waals surface area contributed by atoms with Crippen molar-refractivity contribution in [3.63, 3.8) is 0 Å². The number of nitrogens with zero attached hydrogens (tertiary/aromatic N) is 1. The van der Waals surface area contributed by atoms with Crippen LogP contribution >= 0.6 is 0 Å². The molecule has 0 bridgehead atoms. The molecule has 3 amide bonds. The Bertz CT molecular complexity index is 581. The first kappa shape index (κ1) is 16.0. The molecule has 0 saturated carbocycles. The van der Waals surface area contributed by atoms with Crippen molar-refractivity contribution in [3.05, 3.63) is 29.8 Å². The van der Waals surface area contributed by atoms with Crippen molar-refractivity contribution in [1.29, 1.82) is 0 Å². The molecule has 1 fully saturated rings. The number of rotatable bonds is 5. The summed E-state index contributed by atoms with van der Waals surface area (Å²) in [6.07, 6.45) is 0.248. The van der Waals surface area contributed by atoms with Crippen LogP contribution in [0.25, 0.3) is 0 Å². The first-order valence-electron chi connectivity index (χ1n) is 7.35. The lowest BCUT2D eigenvalue weighted by Gasteiger charge is -2.18. The summed E-state index contributed by atoms with van der Waals surface area (Å²) in [5, 5.41) is 2.77. The molecule has 1 unspecified atom stereocenters. The Morgan fingerprint density at radius 2 is 1.95 bits per heavy atom. The number of carbonyl (C=O) groups excluding carboxylic acids is 3. The van der Waals surface area contributed by atoms with Crippen LogP contribution in [0.1, 0.15) is 30.6 Å². The maximum absolute atomic E-state index is 12.2. The number of anilines is 1. The van der Waals surface area contributed by atoms with Gasteiger partial charge in [-0.2, -0.15) is 0 Å². The van der Waals surface area contributed by atoms with Gasteiger partial charge in [0.1, 0.15) is 0 Å². The van der Waals surface area contributed by atoms with E-state index in [0.717, 1.165) is 0 Å². The van der Waals surface area contributed by atoms with Gasteiger partial charge in [0.2, 0.25) is 17.7 Å². The second-order valence-electron chi connectivity index (χ2n) is 6.02. The Morgan fingerprint density at radius 1 is 1.32 bits per heavy atom. The zero-order valence-electron chi connectivity index (χ0n) is 12.8. The van der Waals surface area contributed by atoms with E-state index in [9.17, 15) is 14.4 Å². The standard InChI is InChI=1S/C16H21N3O3/c1-10(2)8-19-9-12(7-14(19)20)16(22)18-13-5-3-11(4-6-13)15(17)21/h3-6,10,12H,7-9H2,1-2H3,(H2,17,21)(H,18,22). The number of nitrogens with one attached hydrogen (secondary N) is 1. The average Bonchev–Trinajstić information content (AvgIpc) is 2.80. The highest BCUT2D eigenvalue weighted by molar-refractivity contribution is 5.98. The van der Waals surface area contributed by atoms with Crippen molar-refractivity contribution < 1.29 is 14.4 Å². The van der Waals surface area contributed by atoms with Gasteiger partial charge in [0.05, 0.1) is 5.92 Å². The van der Waals surface area contributed by atoms with Crippen LogP contribution < -0.4 is 11.1 Å². The van der Waals surface area contributed by atoms with Gasteiger partial charge in [-0.3, -0.25) is 14.4 Å². The summed E-state index contributed by atoms with van der Waals surface area (Å²) in [6, 6.07) is 6.37. The summed E-state index contributed by atoms with van der Waals surface area (Å²) in [7, 11) is 0. The van der Waals surface area contributed by atoms with Gasteiger partial charge in [-0.1, -0.05) is 13.8 Å². The van der Waals surface area contributed by atoms with E-state index in [1.54, 1.807) is 29.2 Å². The number of carbonyl (C=O) groups is 3. The van der Waals surface area contributed by atoms with Gasteiger partial charge in [0.15, 0.2) is 0 Å². The summed E-state index contributed by atoms with van der Waals surface area (Å²) in [5.74, 6) is -0.609. The van der Waals surface area contributed by atoms with Crippen molar-refractivity contribution in [3.8, 4) is 0 Å². The van der Waals surface area contributed by atoms with Gasteiger partial charge in [-0.25, -0.2) is 0 Å². The minimum absolute atomic E-state index is 0.0259. The van der Waals surface area contributed by atoms with E-state index in [4.69, 9.17) is 5.73 Å². The Balaban J connectivity index is 1.95. The van der Waals surface area contributed by atoms with Crippen LogP contribution in [0.3, 0.4) is 0 Å². The van der Waals surface area contributed by atoms with E-state index >= 15 is 0 Å². The van der Waals surface area contributed by atoms with Crippen LogP contribution in [0.5, 0.6) is 0 Å². The molecular formula is C16H21N3O3. The predicted molar refractivity (Wildman–Crippen MR) is 83.1 cm³/mol. The fourth-order valence-corrected chi connectivity index (χ4v) is 2.53. The lowest BCUT2D eigenvalue weighted by molar-refractivity contribution is -0.128. The van der Waals surface area contributed by atoms with E-state index in [1.807, 2.05) is 13.8 Å². The lowest BCUT2D eigenvalue weighted by Crippen LogP contribution is -2.31. The molecule has 1 aromatic rings. The summed E-state index contributed by atoms with van der Waals surface area (Å²) >= 11 is 0. The Morgan fingerprint density at radius 3 is 2.50 bits per heavy atom. The maximum atomic E-state index is 12.2. The number of benzene rings is 1. The second-order valence-corrected chi connectivity index (χ2v) is 6.02. The molecule has 1 aliphatic heterocycles. The first-order valence-corrected chi connectivity index (χ1v) is 7.35. The number of hydrogen-bond acceptors (Lipinski definition) is 3. The van der Waals surface area contributed by atoms with Gasteiger partial charge in [0.25, 0.3) is 0 Å². The second kappa shape index (κ2) is 6.60. The Kier molecular flexibility index (Phi) is 4.80. The van der Waals surface area contributed by atoms with Crippen molar-refractivity contribution in [2.75, 3.05) is 18.4 Å². The zero-order chi connectivity index (χ0) is 16.3. The van der Waals surface area contributed by atoms with Gasteiger partial charge in [-0.05, 0) is 30.2 Å². The van der Waals surface area contributed by atoms with Crippen LogP contribution in [0.4, 0.5) is 5.69 Å². The van der Waals surface area contributed by atoms with Gasteiger partial charge in [0, 0.05) is 30.8 Å². The van der Waals surface area contributed by atoms with Gasteiger partial charge >= 0.3 is 0 Å². The molecule has 22 heavy (non-hydrogen) atoms. The molecule has 0 radical (unpaired) electrons. The van der Waals surface area contributed by atoms with E-state index in [0.29, 0.717) is 30.3 Å². The third-order valence-electron chi connectivity index (χ3n) is 3.61. The fraction of sp³-hybridized carbons (Fsp3) is 0.438. The van der Waals surface area contributed by atoms with E-state index in [1.165, 1.54) is 0 Å². The fourth-order valence-electron chi connectivity index (χ4n) is 2.53. The lowest BCUT2D eigenvalue weighted by atomic mass is 10.1. The normalized spacial score (nSPS) is 17.9. The van der Waals surface area contributed by atoms with E-state index < -0.39 is 5.91 Å². The molecule has 118 valence electrons. The highest BCUT2D eigenvalue weighted by Gasteiger charge is 2.34. The molecule has 1 heterocycles. The molecule has 3 N–H and O–H groups in total. The number of amides is 3. The predicted octanol–water partition coefficient (Wildman–Crippen LogP) is 1.23. The quantitative estimate of drug-likeness (QED) is 0.856. The summed E-state index contributed by atoms with van der Waals surface area (Å²) in [6.45, 7) is 5.22. The summed E-state index contributed by atoms with van der Waals surface area (Å²) in [5.41, 5.74) is 6.14. The molecule has 0 spiro atoms. The molecule has 6 heteroatoms. The highest BCUT2D eigenvalue weighted by atomic mass is 16.2. The smallest absolute Gasteiger partial charge is 0.248 e.